The van der Waals surface area contributed by atoms with Crippen LogP contribution in [0.1, 0.15) is 23.3 Å². The van der Waals surface area contributed by atoms with Gasteiger partial charge in [-0.25, -0.2) is 4.98 Å². The van der Waals surface area contributed by atoms with Gasteiger partial charge in [0.1, 0.15) is 5.69 Å². The molecule has 1 aliphatic rings. The third-order valence-electron chi connectivity index (χ3n) is 4.24. The van der Waals surface area contributed by atoms with E-state index < -0.39 is 0 Å². The van der Waals surface area contributed by atoms with E-state index in [-0.39, 0.29) is 17.7 Å². The fourth-order valence-electron chi connectivity index (χ4n) is 2.72. The maximum absolute atomic E-state index is 12.7. The molecule has 0 atom stereocenters. The molecule has 26 heavy (non-hydrogen) atoms. The van der Waals surface area contributed by atoms with E-state index in [4.69, 9.17) is 0 Å². The Morgan fingerprint density at radius 3 is 2.42 bits per heavy atom. The smallest absolute Gasteiger partial charge is 0.274 e. The van der Waals surface area contributed by atoms with Gasteiger partial charge in [0.05, 0.1) is 12.5 Å². The molecule has 1 saturated carbocycles. The van der Waals surface area contributed by atoms with E-state index in [2.05, 4.69) is 15.6 Å². The molecule has 2 N–H and O–H groups in total. The maximum Gasteiger partial charge on any atom is 0.274 e. The van der Waals surface area contributed by atoms with Gasteiger partial charge in [-0.1, -0.05) is 24.3 Å². The highest BCUT2D eigenvalue weighted by Gasteiger charge is 2.29. The summed E-state index contributed by atoms with van der Waals surface area (Å²) in [7, 11) is 0. The van der Waals surface area contributed by atoms with Gasteiger partial charge in [0, 0.05) is 23.0 Å². The highest BCUT2D eigenvalue weighted by Crippen LogP contribution is 2.30. The zero-order chi connectivity index (χ0) is 17.9. The first-order chi connectivity index (χ1) is 12.7. The number of imidazole rings is 1. The second-order valence-corrected chi connectivity index (χ2v) is 6.28. The number of nitrogens with zero attached hydrogens (tertiary/aromatic N) is 2. The van der Waals surface area contributed by atoms with Crippen molar-refractivity contribution in [3.8, 4) is 5.69 Å². The van der Waals surface area contributed by atoms with Gasteiger partial charge < -0.3 is 10.6 Å². The van der Waals surface area contributed by atoms with Crippen LogP contribution in [0.2, 0.25) is 0 Å². The third-order valence-corrected chi connectivity index (χ3v) is 4.24. The summed E-state index contributed by atoms with van der Waals surface area (Å²) in [5.74, 6) is -0.0962. The lowest BCUT2D eigenvalue weighted by molar-refractivity contribution is -0.117. The molecule has 0 unspecified atom stereocenters. The number of amides is 2. The Morgan fingerprint density at radius 2 is 1.69 bits per heavy atom. The van der Waals surface area contributed by atoms with E-state index in [0.29, 0.717) is 17.1 Å². The van der Waals surface area contributed by atoms with Gasteiger partial charge in [0.15, 0.2) is 0 Å². The van der Waals surface area contributed by atoms with Crippen molar-refractivity contribution in [2.24, 2.45) is 5.92 Å². The molecule has 0 spiro atoms. The van der Waals surface area contributed by atoms with Crippen LogP contribution < -0.4 is 10.6 Å². The summed E-state index contributed by atoms with van der Waals surface area (Å²) >= 11 is 0. The van der Waals surface area contributed by atoms with Crippen molar-refractivity contribution in [3.05, 3.63) is 72.8 Å². The second-order valence-electron chi connectivity index (χ2n) is 6.28. The van der Waals surface area contributed by atoms with Crippen LogP contribution in [0, 0.1) is 5.92 Å². The number of para-hydroxylation sites is 1. The van der Waals surface area contributed by atoms with Crippen molar-refractivity contribution in [1.82, 2.24) is 9.55 Å². The summed E-state index contributed by atoms with van der Waals surface area (Å²) in [6, 6.07) is 16.7. The summed E-state index contributed by atoms with van der Waals surface area (Å²) in [4.78, 5) is 28.6. The van der Waals surface area contributed by atoms with Crippen LogP contribution in [-0.4, -0.2) is 21.4 Å². The zero-order valence-corrected chi connectivity index (χ0v) is 14.1. The molecule has 1 aliphatic carbocycles. The average molecular weight is 346 g/mol. The molecule has 1 aromatic heterocycles. The molecule has 0 saturated heterocycles. The Bertz CT molecular complexity index is 945. The van der Waals surface area contributed by atoms with E-state index in [0.717, 1.165) is 18.5 Å². The number of hydrogen-bond donors (Lipinski definition) is 2. The number of carbonyl (C=O) groups excluding carboxylic acids is 2. The predicted octanol–water partition coefficient (Wildman–Crippen LogP) is 3.47. The van der Waals surface area contributed by atoms with Crippen molar-refractivity contribution >= 4 is 23.2 Å². The van der Waals surface area contributed by atoms with Gasteiger partial charge in [-0.15, -0.1) is 0 Å². The van der Waals surface area contributed by atoms with Gasteiger partial charge in [0.2, 0.25) is 5.91 Å². The standard InChI is InChI=1S/C20H18N4O2/c25-19(14-9-10-14)22-15-5-4-6-16(11-15)23-20(26)18-12-21-13-24(18)17-7-2-1-3-8-17/h1-8,11-14H,9-10H2,(H,22,25)(H,23,26). The first kappa shape index (κ1) is 16.1. The fourth-order valence-corrected chi connectivity index (χ4v) is 2.72. The first-order valence-corrected chi connectivity index (χ1v) is 8.51. The summed E-state index contributed by atoms with van der Waals surface area (Å²) in [5.41, 5.74) is 2.59. The molecule has 1 heterocycles. The molecule has 1 fully saturated rings. The molecule has 0 aliphatic heterocycles. The predicted molar refractivity (Wildman–Crippen MR) is 99.3 cm³/mol. The van der Waals surface area contributed by atoms with Gasteiger partial charge >= 0.3 is 0 Å². The summed E-state index contributed by atoms with van der Waals surface area (Å²) in [5, 5.41) is 5.74. The Morgan fingerprint density at radius 1 is 0.962 bits per heavy atom. The minimum absolute atomic E-state index is 0.0376. The zero-order valence-electron chi connectivity index (χ0n) is 14.1. The van der Waals surface area contributed by atoms with Crippen LogP contribution in [-0.2, 0) is 4.79 Å². The highest BCUT2D eigenvalue weighted by molar-refractivity contribution is 6.04. The summed E-state index contributed by atoms with van der Waals surface area (Å²) in [6.07, 6.45) is 5.04. The molecular formula is C20H18N4O2. The third kappa shape index (κ3) is 3.49. The maximum atomic E-state index is 12.7. The van der Waals surface area contributed by atoms with Gasteiger partial charge in [-0.05, 0) is 43.2 Å². The van der Waals surface area contributed by atoms with Crippen molar-refractivity contribution < 1.29 is 9.59 Å². The number of benzene rings is 2. The van der Waals surface area contributed by atoms with Crippen LogP contribution in [0.5, 0.6) is 0 Å². The average Bonchev–Trinajstić information content (AvgIpc) is 3.39. The van der Waals surface area contributed by atoms with Gasteiger partial charge in [0.25, 0.3) is 5.91 Å². The molecule has 6 nitrogen and oxygen atoms in total. The highest BCUT2D eigenvalue weighted by atomic mass is 16.2. The van der Waals surface area contributed by atoms with E-state index in [1.54, 1.807) is 29.1 Å². The molecule has 6 heteroatoms. The van der Waals surface area contributed by atoms with E-state index in [9.17, 15) is 9.59 Å². The number of carbonyl (C=O) groups is 2. The Kier molecular flexibility index (Phi) is 4.23. The van der Waals surface area contributed by atoms with Crippen LogP contribution in [0.4, 0.5) is 11.4 Å². The lowest BCUT2D eigenvalue weighted by atomic mass is 10.2. The lowest BCUT2D eigenvalue weighted by Gasteiger charge is -2.10. The molecule has 0 radical (unpaired) electrons. The number of anilines is 2. The molecule has 130 valence electrons. The minimum atomic E-state index is -0.267. The normalized spacial score (nSPS) is 13.2. The topological polar surface area (TPSA) is 76.0 Å². The van der Waals surface area contributed by atoms with Crippen LogP contribution >= 0.6 is 0 Å². The van der Waals surface area contributed by atoms with Gasteiger partial charge in [-0.3, -0.25) is 14.2 Å². The number of rotatable bonds is 5. The van der Waals surface area contributed by atoms with Crippen molar-refractivity contribution in [2.75, 3.05) is 10.6 Å². The monoisotopic (exact) mass is 346 g/mol. The number of hydrogen-bond acceptors (Lipinski definition) is 3. The summed E-state index contributed by atoms with van der Waals surface area (Å²) < 4.78 is 1.73. The lowest BCUT2D eigenvalue weighted by Crippen LogP contribution is -2.17. The Labute approximate surface area is 150 Å². The Hall–Kier alpha value is -3.41. The van der Waals surface area contributed by atoms with Crippen molar-refractivity contribution in [1.29, 1.82) is 0 Å². The molecular weight excluding hydrogens is 328 g/mol. The van der Waals surface area contributed by atoms with Crippen molar-refractivity contribution in [3.63, 3.8) is 0 Å². The molecule has 4 rings (SSSR count). The number of nitrogens with one attached hydrogen (secondary N) is 2. The first-order valence-electron chi connectivity index (χ1n) is 8.51. The molecule has 2 aromatic carbocycles. The minimum Gasteiger partial charge on any atom is -0.326 e. The summed E-state index contributed by atoms with van der Waals surface area (Å²) in [6.45, 7) is 0. The second kappa shape index (κ2) is 6.84. The number of aromatic nitrogens is 2. The Balaban J connectivity index is 1.50. The van der Waals surface area contributed by atoms with Crippen LogP contribution in [0.3, 0.4) is 0 Å². The van der Waals surface area contributed by atoms with Gasteiger partial charge in [-0.2, -0.15) is 0 Å². The van der Waals surface area contributed by atoms with E-state index in [1.807, 2.05) is 36.4 Å². The molecule has 3 aromatic rings. The quantitative estimate of drug-likeness (QED) is 0.743. The van der Waals surface area contributed by atoms with E-state index >= 15 is 0 Å². The molecule has 0 bridgehead atoms. The van der Waals surface area contributed by atoms with Crippen LogP contribution in [0.25, 0.3) is 5.69 Å². The fraction of sp³-hybridized carbons (Fsp3) is 0.150. The van der Waals surface area contributed by atoms with Crippen molar-refractivity contribution in [2.45, 2.75) is 12.8 Å². The largest absolute Gasteiger partial charge is 0.326 e. The molecule has 2 amide bonds. The van der Waals surface area contributed by atoms with Crippen LogP contribution in [0.15, 0.2) is 67.1 Å². The SMILES string of the molecule is O=C(Nc1cccc(NC(=O)C2CC2)c1)c1cncn1-c1ccccc1. The van der Waals surface area contributed by atoms with E-state index in [1.165, 1.54) is 6.20 Å².